The maximum atomic E-state index is 13.6. The van der Waals surface area contributed by atoms with Crippen LogP contribution in [-0.4, -0.2) is 32.3 Å². The number of likely N-dealkylation sites (tertiary alicyclic amines) is 1. The van der Waals surface area contributed by atoms with Gasteiger partial charge in [0.25, 0.3) is 0 Å². The second-order valence-corrected chi connectivity index (χ2v) is 7.71. The molecule has 6 nitrogen and oxygen atoms in total. The van der Waals surface area contributed by atoms with Gasteiger partial charge in [-0.1, -0.05) is 19.9 Å². The van der Waals surface area contributed by atoms with E-state index in [0.29, 0.717) is 23.9 Å². The highest BCUT2D eigenvalue weighted by molar-refractivity contribution is 5.79. The number of halogens is 1. The van der Waals surface area contributed by atoms with Crippen molar-refractivity contribution in [3.05, 3.63) is 66.5 Å². The molecule has 7 heteroatoms. The standard InChI is InChI=1S/C23H24FN5O/c1-15(2)23(30)29-12-4-7-20(29)22-27-19(16-8-10-25-11-9-16)14-21(28-22)26-18-6-3-5-17(24)13-18/h3,5-6,8-11,13-15,20H,4,7,12H2,1-2H3,(H,26,27,28). The molecule has 3 aromatic rings. The Labute approximate surface area is 175 Å². The van der Waals surface area contributed by atoms with Crippen molar-refractivity contribution in [2.75, 3.05) is 11.9 Å². The molecule has 1 fully saturated rings. The quantitative estimate of drug-likeness (QED) is 0.664. The van der Waals surface area contributed by atoms with E-state index in [2.05, 4.69) is 10.3 Å². The summed E-state index contributed by atoms with van der Waals surface area (Å²) >= 11 is 0. The number of carbonyl (C=O) groups excluding carboxylic acids is 1. The van der Waals surface area contributed by atoms with Crippen molar-refractivity contribution >= 4 is 17.4 Å². The molecule has 0 radical (unpaired) electrons. The van der Waals surface area contributed by atoms with Gasteiger partial charge in [0.15, 0.2) is 5.82 Å². The van der Waals surface area contributed by atoms with Gasteiger partial charge in [-0.3, -0.25) is 9.78 Å². The van der Waals surface area contributed by atoms with E-state index in [1.807, 2.05) is 36.9 Å². The highest BCUT2D eigenvalue weighted by Gasteiger charge is 2.33. The Kier molecular flexibility index (Phi) is 5.70. The number of aromatic nitrogens is 3. The fourth-order valence-corrected chi connectivity index (χ4v) is 3.69. The van der Waals surface area contributed by atoms with Gasteiger partial charge in [-0.15, -0.1) is 0 Å². The molecule has 4 rings (SSSR count). The maximum absolute atomic E-state index is 13.6. The van der Waals surface area contributed by atoms with Crippen LogP contribution in [0.2, 0.25) is 0 Å². The molecule has 0 saturated carbocycles. The number of rotatable bonds is 5. The van der Waals surface area contributed by atoms with E-state index in [0.717, 1.165) is 24.1 Å². The number of carbonyl (C=O) groups is 1. The molecule has 1 aromatic carbocycles. The first-order valence-electron chi connectivity index (χ1n) is 10.1. The minimum atomic E-state index is -0.326. The number of hydrogen-bond donors (Lipinski definition) is 1. The number of nitrogens with one attached hydrogen (secondary N) is 1. The Bertz CT molecular complexity index is 1040. The molecule has 1 atom stereocenters. The van der Waals surface area contributed by atoms with E-state index in [-0.39, 0.29) is 23.7 Å². The molecule has 1 N–H and O–H groups in total. The number of amides is 1. The average molecular weight is 405 g/mol. The maximum Gasteiger partial charge on any atom is 0.225 e. The summed E-state index contributed by atoms with van der Waals surface area (Å²) in [6.07, 6.45) is 5.15. The zero-order valence-corrected chi connectivity index (χ0v) is 17.0. The van der Waals surface area contributed by atoms with Gasteiger partial charge < -0.3 is 10.2 Å². The lowest BCUT2D eigenvalue weighted by Gasteiger charge is -2.26. The SMILES string of the molecule is CC(C)C(=O)N1CCCC1c1nc(Nc2cccc(F)c2)cc(-c2ccncc2)n1. The molecule has 3 heterocycles. The molecule has 0 aliphatic carbocycles. The normalized spacial score (nSPS) is 16.1. The highest BCUT2D eigenvalue weighted by atomic mass is 19.1. The van der Waals surface area contributed by atoms with Crippen LogP contribution in [0, 0.1) is 11.7 Å². The van der Waals surface area contributed by atoms with Crippen molar-refractivity contribution in [3.8, 4) is 11.3 Å². The zero-order valence-electron chi connectivity index (χ0n) is 17.0. The topological polar surface area (TPSA) is 71.0 Å². The van der Waals surface area contributed by atoms with Crippen LogP contribution in [0.1, 0.15) is 38.6 Å². The van der Waals surface area contributed by atoms with E-state index in [1.54, 1.807) is 24.5 Å². The summed E-state index contributed by atoms with van der Waals surface area (Å²) < 4.78 is 13.6. The van der Waals surface area contributed by atoms with Crippen LogP contribution in [0.3, 0.4) is 0 Å². The highest BCUT2D eigenvalue weighted by Crippen LogP contribution is 2.33. The summed E-state index contributed by atoms with van der Waals surface area (Å²) in [6, 6.07) is 11.6. The van der Waals surface area contributed by atoms with Gasteiger partial charge >= 0.3 is 0 Å². The van der Waals surface area contributed by atoms with Gasteiger partial charge in [-0.25, -0.2) is 14.4 Å². The largest absolute Gasteiger partial charge is 0.340 e. The van der Waals surface area contributed by atoms with Gasteiger partial charge in [0.05, 0.1) is 11.7 Å². The summed E-state index contributed by atoms with van der Waals surface area (Å²) in [5, 5.41) is 3.18. The van der Waals surface area contributed by atoms with Crippen molar-refractivity contribution in [2.45, 2.75) is 32.7 Å². The van der Waals surface area contributed by atoms with Crippen molar-refractivity contribution < 1.29 is 9.18 Å². The van der Waals surface area contributed by atoms with Gasteiger partial charge in [0.1, 0.15) is 11.6 Å². The number of benzene rings is 1. The number of nitrogens with zero attached hydrogens (tertiary/aromatic N) is 4. The Morgan fingerprint density at radius 2 is 1.97 bits per heavy atom. The fraction of sp³-hybridized carbons (Fsp3) is 0.304. The summed E-state index contributed by atoms with van der Waals surface area (Å²) in [5.74, 6) is 0.845. The second kappa shape index (κ2) is 8.57. The van der Waals surface area contributed by atoms with Crippen LogP contribution < -0.4 is 5.32 Å². The Hall–Kier alpha value is -3.35. The lowest BCUT2D eigenvalue weighted by molar-refractivity contribution is -0.135. The Balaban J connectivity index is 1.75. The average Bonchev–Trinajstić information content (AvgIpc) is 3.23. The first kappa shape index (κ1) is 19.9. The first-order valence-corrected chi connectivity index (χ1v) is 10.1. The molecule has 1 aliphatic rings. The third kappa shape index (κ3) is 4.30. The van der Waals surface area contributed by atoms with E-state index in [4.69, 9.17) is 9.97 Å². The molecule has 0 spiro atoms. The number of anilines is 2. The Morgan fingerprint density at radius 3 is 2.70 bits per heavy atom. The molecule has 1 amide bonds. The third-order valence-electron chi connectivity index (χ3n) is 5.14. The van der Waals surface area contributed by atoms with Crippen molar-refractivity contribution in [2.24, 2.45) is 5.92 Å². The van der Waals surface area contributed by atoms with Gasteiger partial charge in [0, 0.05) is 42.2 Å². The van der Waals surface area contributed by atoms with Crippen LogP contribution in [0.4, 0.5) is 15.9 Å². The van der Waals surface area contributed by atoms with E-state index < -0.39 is 0 Å². The zero-order chi connectivity index (χ0) is 21.1. The van der Waals surface area contributed by atoms with Crippen molar-refractivity contribution in [3.63, 3.8) is 0 Å². The van der Waals surface area contributed by atoms with Crippen LogP contribution in [0.15, 0.2) is 54.9 Å². The predicted octanol–water partition coefficient (Wildman–Crippen LogP) is 4.74. The second-order valence-electron chi connectivity index (χ2n) is 7.71. The molecule has 0 bridgehead atoms. The summed E-state index contributed by atoms with van der Waals surface area (Å²) in [5.41, 5.74) is 2.22. The van der Waals surface area contributed by atoms with Gasteiger partial charge in [-0.05, 0) is 43.2 Å². The molecule has 154 valence electrons. The summed E-state index contributed by atoms with van der Waals surface area (Å²) in [6.45, 7) is 4.52. The predicted molar refractivity (Wildman–Crippen MR) is 113 cm³/mol. The molecule has 1 aliphatic heterocycles. The molecule has 1 saturated heterocycles. The smallest absolute Gasteiger partial charge is 0.225 e. The molecule has 30 heavy (non-hydrogen) atoms. The molecule has 2 aromatic heterocycles. The van der Waals surface area contributed by atoms with Crippen LogP contribution in [0.25, 0.3) is 11.3 Å². The molecular weight excluding hydrogens is 381 g/mol. The van der Waals surface area contributed by atoms with Crippen LogP contribution in [0.5, 0.6) is 0 Å². The molecule has 1 unspecified atom stereocenters. The van der Waals surface area contributed by atoms with E-state index in [9.17, 15) is 9.18 Å². The monoisotopic (exact) mass is 405 g/mol. The third-order valence-corrected chi connectivity index (χ3v) is 5.14. The van der Waals surface area contributed by atoms with Gasteiger partial charge in [-0.2, -0.15) is 0 Å². The number of hydrogen-bond acceptors (Lipinski definition) is 5. The fourth-order valence-electron chi connectivity index (χ4n) is 3.69. The number of pyridine rings is 1. The van der Waals surface area contributed by atoms with E-state index in [1.165, 1.54) is 12.1 Å². The van der Waals surface area contributed by atoms with Crippen molar-refractivity contribution in [1.29, 1.82) is 0 Å². The van der Waals surface area contributed by atoms with Crippen LogP contribution in [-0.2, 0) is 4.79 Å². The minimum Gasteiger partial charge on any atom is -0.340 e. The summed E-state index contributed by atoms with van der Waals surface area (Å²) in [4.78, 5) is 28.1. The lowest BCUT2D eigenvalue weighted by atomic mass is 10.1. The molecular formula is C23H24FN5O. The van der Waals surface area contributed by atoms with Crippen molar-refractivity contribution in [1.82, 2.24) is 19.9 Å². The van der Waals surface area contributed by atoms with E-state index >= 15 is 0 Å². The van der Waals surface area contributed by atoms with Crippen LogP contribution >= 0.6 is 0 Å². The summed E-state index contributed by atoms with van der Waals surface area (Å²) in [7, 11) is 0. The Morgan fingerprint density at radius 1 is 1.17 bits per heavy atom. The lowest BCUT2D eigenvalue weighted by Crippen LogP contribution is -2.34. The first-order chi connectivity index (χ1) is 14.5. The minimum absolute atomic E-state index is 0.0844. The van der Waals surface area contributed by atoms with Gasteiger partial charge in [0.2, 0.25) is 5.91 Å².